The van der Waals surface area contributed by atoms with Crippen LogP contribution in [0.5, 0.6) is 0 Å². The van der Waals surface area contributed by atoms with E-state index in [0.717, 1.165) is 10.0 Å². The van der Waals surface area contributed by atoms with Gasteiger partial charge in [-0.3, -0.25) is 0 Å². The maximum absolute atomic E-state index is 12.5. The number of hydrogen-bond donors (Lipinski definition) is 1. The second-order valence-corrected chi connectivity index (χ2v) is 7.70. The minimum Gasteiger partial charge on any atom is -0.326 e. The van der Waals surface area contributed by atoms with Gasteiger partial charge in [-0.2, -0.15) is 4.31 Å². The summed E-state index contributed by atoms with van der Waals surface area (Å²) in [6, 6.07) is 5.22. The minimum atomic E-state index is -3.43. The Morgan fingerprint density at radius 2 is 2.00 bits per heavy atom. The first-order valence-electron chi connectivity index (χ1n) is 5.84. The fraction of sp³-hybridized carbons (Fsp3) is 0.500. The van der Waals surface area contributed by atoms with Gasteiger partial charge < -0.3 is 5.73 Å². The molecule has 1 aliphatic heterocycles. The smallest absolute Gasteiger partial charge is 0.243 e. The SMILES string of the molecule is Cc1ccc(Br)cc1S(=O)(=O)N1CC(C)C(N)C1.Cl. The van der Waals surface area contributed by atoms with Crippen molar-refractivity contribution in [2.75, 3.05) is 13.1 Å². The third kappa shape index (κ3) is 3.31. The van der Waals surface area contributed by atoms with Gasteiger partial charge in [-0.15, -0.1) is 12.4 Å². The molecule has 4 nitrogen and oxygen atoms in total. The van der Waals surface area contributed by atoms with Crippen LogP contribution in [-0.2, 0) is 10.0 Å². The van der Waals surface area contributed by atoms with E-state index < -0.39 is 10.0 Å². The molecule has 1 aromatic rings. The van der Waals surface area contributed by atoms with Crippen LogP contribution in [0.4, 0.5) is 0 Å². The Hall–Kier alpha value is -0.140. The lowest BCUT2D eigenvalue weighted by Crippen LogP contribution is -2.32. The highest BCUT2D eigenvalue weighted by Gasteiger charge is 2.35. The normalized spacial score (nSPS) is 24.2. The molecule has 1 aliphatic rings. The number of halogens is 2. The van der Waals surface area contributed by atoms with Crippen LogP contribution < -0.4 is 5.73 Å². The molecule has 2 N–H and O–H groups in total. The summed E-state index contributed by atoms with van der Waals surface area (Å²) in [5, 5.41) is 0. The number of nitrogens with zero attached hydrogens (tertiary/aromatic N) is 1. The van der Waals surface area contributed by atoms with E-state index in [9.17, 15) is 8.42 Å². The van der Waals surface area contributed by atoms with Gasteiger partial charge in [-0.05, 0) is 30.5 Å². The van der Waals surface area contributed by atoms with Gasteiger partial charge in [-0.1, -0.05) is 28.9 Å². The van der Waals surface area contributed by atoms with Gasteiger partial charge in [0.25, 0.3) is 0 Å². The molecule has 1 fully saturated rings. The zero-order valence-electron chi connectivity index (χ0n) is 10.8. The summed E-state index contributed by atoms with van der Waals surface area (Å²) in [5.41, 5.74) is 6.65. The third-order valence-corrected chi connectivity index (χ3v) is 5.87. The van der Waals surface area contributed by atoms with Crippen LogP contribution in [0.25, 0.3) is 0 Å². The van der Waals surface area contributed by atoms with Crippen LogP contribution in [0.2, 0.25) is 0 Å². The van der Waals surface area contributed by atoms with E-state index in [-0.39, 0.29) is 24.4 Å². The summed E-state index contributed by atoms with van der Waals surface area (Å²) in [5.74, 6) is 0.201. The molecule has 108 valence electrons. The van der Waals surface area contributed by atoms with Gasteiger partial charge >= 0.3 is 0 Å². The van der Waals surface area contributed by atoms with Crippen molar-refractivity contribution in [1.82, 2.24) is 4.31 Å². The fourth-order valence-electron chi connectivity index (χ4n) is 2.13. The predicted molar refractivity (Wildman–Crippen MR) is 82.0 cm³/mol. The molecule has 0 spiro atoms. The molecule has 2 unspecified atom stereocenters. The quantitative estimate of drug-likeness (QED) is 0.869. The third-order valence-electron chi connectivity index (χ3n) is 3.40. The highest BCUT2D eigenvalue weighted by molar-refractivity contribution is 9.10. The van der Waals surface area contributed by atoms with Crippen molar-refractivity contribution in [3.8, 4) is 0 Å². The summed E-state index contributed by atoms with van der Waals surface area (Å²) < 4.78 is 27.3. The van der Waals surface area contributed by atoms with Gasteiger partial charge in [-0.25, -0.2) is 8.42 Å². The van der Waals surface area contributed by atoms with Crippen LogP contribution in [-0.4, -0.2) is 31.9 Å². The van der Waals surface area contributed by atoms with E-state index in [2.05, 4.69) is 15.9 Å². The molecule has 7 heteroatoms. The van der Waals surface area contributed by atoms with E-state index in [1.165, 1.54) is 4.31 Å². The van der Waals surface area contributed by atoms with Crippen LogP contribution in [0.15, 0.2) is 27.6 Å². The lowest BCUT2D eigenvalue weighted by Gasteiger charge is -2.17. The lowest BCUT2D eigenvalue weighted by atomic mass is 10.1. The summed E-state index contributed by atoms with van der Waals surface area (Å²) >= 11 is 3.31. The standard InChI is InChI=1S/C12H17BrN2O2S.ClH/c1-8-3-4-10(13)5-12(8)18(16,17)15-6-9(2)11(14)7-15;/h3-5,9,11H,6-7,14H2,1-2H3;1H. The summed E-state index contributed by atoms with van der Waals surface area (Å²) in [4.78, 5) is 0.359. The Morgan fingerprint density at radius 3 is 2.53 bits per heavy atom. The van der Waals surface area contributed by atoms with Crippen LogP contribution in [0, 0.1) is 12.8 Å². The number of rotatable bonds is 2. The van der Waals surface area contributed by atoms with Gasteiger partial charge in [0.15, 0.2) is 0 Å². The molecule has 0 aromatic heterocycles. The monoisotopic (exact) mass is 368 g/mol. The maximum Gasteiger partial charge on any atom is 0.243 e. The van der Waals surface area contributed by atoms with E-state index in [1.807, 2.05) is 13.0 Å². The van der Waals surface area contributed by atoms with E-state index in [4.69, 9.17) is 5.73 Å². The topological polar surface area (TPSA) is 63.4 Å². The van der Waals surface area contributed by atoms with Gasteiger partial charge in [0.2, 0.25) is 10.0 Å². The average Bonchev–Trinajstić information content (AvgIpc) is 2.63. The van der Waals surface area contributed by atoms with Gasteiger partial charge in [0.05, 0.1) is 4.90 Å². The summed E-state index contributed by atoms with van der Waals surface area (Å²) in [6.07, 6.45) is 0. The van der Waals surface area contributed by atoms with Crippen molar-refractivity contribution in [1.29, 1.82) is 0 Å². The molecule has 19 heavy (non-hydrogen) atoms. The molecular formula is C12H18BrClN2O2S. The van der Waals surface area contributed by atoms with E-state index in [0.29, 0.717) is 18.0 Å². The average molecular weight is 370 g/mol. The predicted octanol–water partition coefficient (Wildman–Crippen LogP) is 2.15. The molecule has 2 atom stereocenters. The van der Waals surface area contributed by atoms with E-state index >= 15 is 0 Å². The Morgan fingerprint density at radius 1 is 1.37 bits per heavy atom. The number of benzene rings is 1. The second-order valence-electron chi connectivity index (χ2n) is 4.87. The highest BCUT2D eigenvalue weighted by Crippen LogP contribution is 2.27. The first-order chi connectivity index (χ1) is 8.32. The van der Waals surface area contributed by atoms with Crippen LogP contribution >= 0.6 is 28.3 Å². The van der Waals surface area contributed by atoms with Crippen molar-refractivity contribution in [3.63, 3.8) is 0 Å². The molecule has 0 radical (unpaired) electrons. The summed E-state index contributed by atoms with van der Waals surface area (Å²) in [6.45, 7) is 4.68. The van der Waals surface area contributed by atoms with Crippen molar-refractivity contribution in [2.24, 2.45) is 11.7 Å². The van der Waals surface area contributed by atoms with E-state index in [1.54, 1.807) is 19.1 Å². The first kappa shape index (κ1) is 16.9. The van der Waals surface area contributed by atoms with Crippen molar-refractivity contribution in [2.45, 2.75) is 24.8 Å². The maximum atomic E-state index is 12.5. The zero-order valence-corrected chi connectivity index (χ0v) is 14.1. The Kier molecular flexibility index (Phi) is 5.43. The highest BCUT2D eigenvalue weighted by atomic mass is 79.9. The number of hydrogen-bond acceptors (Lipinski definition) is 3. The van der Waals surface area contributed by atoms with Crippen molar-refractivity contribution >= 4 is 38.4 Å². The van der Waals surface area contributed by atoms with Crippen LogP contribution in [0.1, 0.15) is 12.5 Å². The Bertz CT molecular complexity index is 555. The number of nitrogens with two attached hydrogens (primary N) is 1. The number of aryl methyl sites for hydroxylation is 1. The Labute approximate surface area is 128 Å². The van der Waals surface area contributed by atoms with Crippen LogP contribution in [0.3, 0.4) is 0 Å². The minimum absolute atomic E-state index is 0. The molecule has 0 aliphatic carbocycles. The largest absolute Gasteiger partial charge is 0.326 e. The lowest BCUT2D eigenvalue weighted by molar-refractivity contribution is 0.464. The zero-order chi connectivity index (χ0) is 13.5. The second kappa shape index (κ2) is 6.10. The molecule has 1 heterocycles. The molecule has 0 amide bonds. The molecule has 2 rings (SSSR count). The van der Waals surface area contributed by atoms with Gasteiger partial charge in [0, 0.05) is 23.6 Å². The number of sulfonamides is 1. The first-order valence-corrected chi connectivity index (χ1v) is 8.07. The fourth-order valence-corrected chi connectivity index (χ4v) is 4.47. The molecule has 1 saturated heterocycles. The molecule has 0 bridgehead atoms. The van der Waals surface area contributed by atoms with Gasteiger partial charge in [0.1, 0.15) is 0 Å². The van der Waals surface area contributed by atoms with Crippen molar-refractivity contribution in [3.05, 3.63) is 28.2 Å². The molecular weight excluding hydrogens is 352 g/mol. The Balaban J connectivity index is 0.00000180. The summed E-state index contributed by atoms with van der Waals surface area (Å²) in [7, 11) is -3.43. The molecule has 1 aromatic carbocycles. The molecule has 0 saturated carbocycles. The van der Waals surface area contributed by atoms with Crippen molar-refractivity contribution < 1.29 is 8.42 Å².